The molecule has 1 aliphatic rings. The Balaban J connectivity index is 1.85. The summed E-state index contributed by atoms with van der Waals surface area (Å²) >= 11 is 6.51. The first-order chi connectivity index (χ1) is 12.5. The van der Waals surface area contributed by atoms with Gasteiger partial charge in [-0.05, 0) is 11.6 Å². The summed E-state index contributed by atoms with van der Waals surface area (Å²) in [5.41, 5.74) is 1.06. The maximum absolute atomic E-state index is 12.4. The lowest BCUT2D eigenvalue weighted by molar-refractivity contribution is -0.858. The molecule has 1 fully saturated rings. The summed E-state index contributed by atoms with van der Waals surface area (Å²) in [4.78, 5) is 27.4. The van der Waals surface area contributed by atoms with E-state index in [0.717, 1.165) is 12.1 Å². The van der Waals surface area contributed by atoms with Crippen LogP contribution >= 0.6 is 24.0 Å². The number of allylic oxidation sites excluding steroid dienone is 2. The Morgan fingerprint density at radius 2 is 2.04 bits per heavy atom. The monoisotopic (exact) mass is 391 g/mol. The van der Waals surface area contributed by atoms with E-state index in [1.807, 2.05) is 56.6 Å². The second kappa shape index (κ2) is 10.3. The van der Waals surface area contributed by atoms with Crippen molar-refractivity contribution < 1.29 is 19.2 Å². The Bertz CT molecular complexity index is 715. The number of hydrogen-bond acceptors (Lipinski definition) is 5. The summed E-state index contributed by atoms with van der Waals surface area (Å²) in [6, 6.07) is 9.84. The van der Waals surface area contributed by atoms with Gasteiger partial charge in [-0.15, -0.1) is 0 Å². The summed E-state index contributed by atoms with van der Waals surface area (Å²) in [5, 5.41) is 0. The molecule has 0 bridgehead atoms. The molecule has 0 aromatic heterocycles. The maximum atomic E-state index is 12.4. The number of thioether (sulfide) groups is 1. The summed E-state index contributed by atoms with van der Waals surface area (Å²) < 4.78 is 5.62. The molecule has 1 aromatic carbocycles. The first-order valence-electron chi connectivity index (χ1n) is 8.39. The largest absolute Gasteiger partial charge is 0.460 e. The van der Waals surface area contributed by atoms with Gasteiger partial charge in [-0.25, -0.2) is 0 Å². The second-order valence-corrected chi connectivity index (χ2v) is 7.73. The van der Waals surface area contributed by atoms with Crippen LogP contribution in [0, 0.1) is 0 Å². The van der Waals surface area contributed by atoms with Crippen LogP contribution in [0.15, 0.2) is 47.4 Å². The van der Waals surface area contributed by atoms with E-state index >= 15 is 0 Å². The highest BCUT2D eigenvalue weighted by Crippen LogP contribution is 2.31. The molecule has 1 aromatic rings. The van der Waals surface area contributed by atoms with Gasteiger partial charge in [0, 0.05) is 6.54 Å². The predicted molar refractivity (Wildman–Crippen MR) is 109 cm³/mol. The average molecular weight is 392 g/mol. The highest BCUT2D eigenvalue weighted by atomic mass is 32.2. The molecule has 1 aliphatic heterocycles. The molecule has 0 radical (unpaired) electrons. The number of carbonyl (C=O) groups is 2. The number of ether oxygens (including phenoxy) is 1. The van der Waals surface area contributed by atoms with Gasteiger partial charge < -0.3 is 9.64 Å². The minimum absolute atomic E-state index is 0.141. The van der Waals surface area contributed by atoms with Gasteiger partial charge in [0.15, 0.2) is 0 Å². The number of nitrogens with zero attached hydrogens (tertiary/aromatic N) is 1. The number of esters is 1. The average Bonchev–Trinajstić information content (AvgIpc) is 2.87. The molecule has 2 rings (SSSR count). The molecule has 1 N–H and O–H groups in total. The highest BCUT2D eigenvalue weighted by Gasteiger charge is 2.31. The van der Waals surface area contributed by atoms with Gasteiger partial charge >= 0.3 is 5.97 Å². The van der Waals surface area contributed by atoms with Gasteiger partial charge in [-0.2, -0.15) is 0 Å². The number of amides is 1. The van der Waals surface area contributed by atoms with Crippen molar-refractivity contribution in [1.82, 2.24) is 4.90 Å². The third-order valence-corrected chi connectivity index (χ3v) is 5.01. The predicted octanol–water partition coefficient (Wildman–Crippen LogP) is 1.52. The van der Waals surface area contributed by atoms with Crippen LogP contribution in [0.5, 0.6) is 0 Å². The molecule has 5 nitrogen and oxygen atoms in total. The van der Waals surface area contributed by atoms with Gasteiger partial charge in [0.25, 0.3) is 5.91 Å². The molecule has 0 aliphatic carbocycles. The van der Waals surface area contributed by atoms with E-state index in [4.69, 9.17) is 17.0 Å². The van der Waals surface area contributed by atoms with Crippen molar-refractivity contribution in [2.24, 2.45) is 0 Å². The summed E-state index contributed by atoms with van der Waals surface area (Å²) in [6.07, 6.45) is 5.66. The van der Waals surface area contributed by atoms with Crippen molar-refractivity contribution in [3.05, 3.63) is 53.0 Å². The Hall–Kier alpha value is -1.96. The van der Waals surface area contributed by atoms with Crippen molar-refractivity contribution in [3.8, 4) is 0 Å². The molecule has 1 saturated heterocycles. The number of nitrogens with one attached hydrogen (secondary N) is 1. The minimum Gasteiger partial charge on any atom is -0.460 e. The molecule has 0 unspecified atom stereocenters. The SMILES string of the molecule is C[NH+](C)CCOC(=O)CCN1C(=O)/C(=C/C=C/c2ccccc2)SC1=S. The first-order valence-corrected chi connectivity index (χ1v) is 9.61. The van der Waals surface area contributed by atoms with Crippen LogP contribution in [-0.4, -0.2) is 54.9 Å². The summed E-state index contributed by atoms with van der Waals surface area (Å²) in [6.45, 7) is 1.38. The fraction of sp³-hybridized carbons (Fsp3) is 0.316. The van der Waals surface area contributed by atoms with Crippen molar-refractivity contribution >= 4 is 46.3 Å². The molecular formula is C19H23N2O3S2+. The third kappa shape index (κ3) is 6.40. The van der Waals surface area contributed by atoms with Gasteiger partial charge in [-0.1, -0.05) is 66.5 Å². The molecule has 7 heteroatoms. The number of likely N-dealkylation sites (N-methyl/N-ethyl adjacent to an activating group) is 1. The normalized spacial score (nSPS) is 16.3. The van der Waals surface area contributed by atoms with E-state index in [-0.39, 0.29) is 24.8 Å². The Kier molecular flexibility index (Phi) is 8.03. The molecule has 0 spiro atoms. The smallest absolute Gasteiger partial charge is 0.307 e. The van der Waals surface area contributed by atoms with Crippen molar-refractivity contribution in [1.29, 1.82) is 0 Å². The first kappa shape index (κ1) is 20.4. The number of hydrogen-bond donors (Lipinski definition) is 1. The molecule has 26 heavy (non-hydrogen) atoms. The number of thiocarbonyl (C=S) groups is 1. The number of benzene rings is 1. The van der Waals surface area contributed by atoms with Gasteiger partial charge in [-0.3, -0.25) is 14.5 Å². The zero-order chi connectivity index (χ0) is 18.9. The fourth-order valence-electron chi connectivity index (χ4n) is 2.16. The number of rotatable bonds is 8. The van der Waals surface area contributed by atoms with Crippen molar-refractivity contribution in [2.45, 2.75) is 6.42 Å². The van der Waals surface area contributed by atoms with Crippen LogP contribution < -0.4 is 4.90 Å². The molecule has 138 valence electrons. The van der Waals surface area contributed by atoms with E-state index in [2.05, 4.69) is 0 Å². The number of quaternary nitrogens is 1. The fourth-order valence-corrected chi connectivity index (χ4v) is 3.42. The lowest BCUT2D eigenvalue weighted by Crippen LogP contribution is -3.06. The topological polar surface area (TPSA) is 51.1 Å². The van der Waals surface area contributed by atoms with E-state index in [0.29, 0.717) is 15.8 Å². The standard InChI is InChI=1S/C19H22N2O3S2/c1-20(2)13-14-24-17(22)11-12-21-18(23)16(26-19(21)25)10-6-9-15-7-4-3-5-8-15/h3-10H,11-14H2,1-2H3/p+1/b9-6+,16-10-. The maximum Gasteiger partial charge on any atom is 0.307 e. The third-order valence-electron chi connectivity index (χ3n) is 3.61. The van der Waals surface area contributed by atoms with Crippen molar-refractivity contribution in [3.63, 3.8) is 0 Å². The van der Waals surface area contributed by atoms with Crippen LogP contribution in [0.4, 0.5) is 0 Å². The van der Waals surface area contributed by atoms with Crippen LogP contribution in [0.3, 0.4) is 0 Å². The van der Waals surface area contributed by atoms with E-state index in [9.17, 15) is 9.59 Å². The van der Waals surface area contributed by atoms with Gasteiger partial charge in [0.1, 0.15) is 17.5 Å². The summed E-state index contributed by atoms with van der Waals surface area (Å²) in [7, 11) is 3.99. The minimum atomic E-state index is -0.312. The van der Waals surface area contributed by atoms with Crippen LogP contribution in [0.25, 0.3) is 6.08 Å². The highest BCUT2D eigenvalue weighted by molar-refractivity contribution is 8.26. The van der Waals surface area contributed by atoms with E-state index < -0.39 is 0 Å². The van der Waals surface area contributed by atoms with Crippen molar-refractivity contribution in [2.75, 3.05) is 33.8 Å². The zero-order valence-electron chi connectivity index (χ0n) is 14.9. The molecule has 0 atom stereocenters. The van der Waals surface area contributed by atoms with Gasteiger partial charge in [0.05, 0.1) is 25.4 Å². The van der Waals surface area contributed by atoms with E-state index in [1.54, 1.807) is 6.08 Å². The van der Waals surface area contributed by atoms with Gasteiger partial charge in [0.2, 0.25) is 0 Å². The molecule has 1 heterocycles. The number of carbonyl (C=O) groups excluding carboxylic acids is 2. The quantitative estimate of drug-likeness (QED) is 0.414. The summed E-state index contributed by atoms with van der Waals surface area (Å²) in [5.74, 6) is -0.475. The zero-order valence-corrected chi connectivity index (χ0v) is 16.6. The van der Waals surface area contributed by atoms with Crippen LogP contribution in [-0.2, 0) is 14.3 Å². The Labute approximate surface area is 163 Å². The second-order valence-electron chi connectivity index (χ2n) is 6.05. The molecule has 1 amide bonds. The van der Waals surface area contributed by atoms with E-state index in [1.165, 1.54) is 21.6 Å². The Morgan fingerprint density at radius 1 is 1.31 bits per heavy atom. The molecule has 0 saturated carbocycles. The van der Waals surface area contributed by atoms with Crippen LogP contribution in [0.1, 0.15) is 12.0 Å². The lowest BCUT2D eigenvalue weighted by Gasteiger charge is -2.14. The van der Waals surface area contributed by atoms with Crippen LogP contribution in [0.2, 0.25) is 0 Å². The Morgan fingerprint density at radius 3 is 2.73 bits per heavy atom. The molecular weight excluding hydrogens is 368 g/mol. The lowest BCUT2D eigenvalue weighted by atomic mass is 10.2.